The first-order chi connectivity index (χ1) is 14.2. The van der Waals surface area contributed by atoms with E-state index in [9.17, 15) is 22.4 Å². The summed E-state index contributed by atoms with van der Waals surface area (Å²) in [5.41, 5.74) is 1.20. The van der Waals surface area contributed by atoms with E-state index in [4.69, 9.17) is 11.6 Å². The maximum Gasteiger partial charge on any atom is 0.416 e. The molecule has 2 heterocycles. The SMILES string of the molecule is O=c1[nH]c(-c2ccc(C(F)(F)F)cc2)nc2c1CN(Cc1ccc(F)cc1Cl)CC2. The summed E-state index contributed by atoms with van der Waals surface area (Å²) in [6, 6.07) is 8.71. The van der Waals surface area contributed by atoms with E-state index in [1.807, 2.05) is 4.90 Å². The third kappa shape index (κ3) is 4.24. The number of aromatic nitrogens is 2. The summed E-state index contributed by atoms with van der Waals surface area (Å²) < 4.78 is 51.5. The number of rotatable bonds is 3. The highest BCUT2D eigenvalue weighted by Gasteiger charge is 2.30. The second kappa shape index (κ2) is 7.85. The van der Waals surface area contributed by atoms with Gasteiger partial charge in [0.2, 0.25) is 0 Å². The summed E-state index contributed by atoms with van der Waals surface area (Å²) in [5, 5.41) is 0.325. The molecule has 0 saturated heterocycles. The molecule has 30 heavy (non-hydrogen) atoms. The van der Waals surface area contributed by atoms with Crippen molar-refractivity contribution in [1.29, 1.82) is 0 Å². The monoisotopic (exact) mass is 437 g/mol. The maximum absolute atomic E-state index is 13.2. The van der Waals surface area contributed by atoms with Crippen molar-refractivity contribution in [3.63, 3.8) is 0 Å². The normalized spacial score (nSPS) is 14.6. The van der Waals surface area contributed by atoms with Crippen LogP contribution in [-0.4, -0.2) is 21.4 Å². The van der Waals surface area contributed by atoms with Crippen molar-refractivity contribution in [3.05, 3.63) is 86.0 Å². The van der Waals surface area contributed by atoms with Crippen LogP contribution in [0.1, 0.15) is 22.4 Å². The molecule has 0 amide bonds. The first-order valence-electron chi connectivity index (χ1n) is 9.16. The molecule has 9 heteroatoms. The Morgan fingerprint density at radius 1 is 1.13 bits per heavy atom. The van der Waals surface area contributed by atoms with Gasteiger partial charge in [0, 0.05) is 36.6 Å². The Morgan fingerprint density at radius 2 is 1.87 bits per heavy atom. The fourth-order valence-electron chi connectivity index (χ4n) is 3.46. The molecule has 1 aliphatic rings. The zero-order chi connectivity index (χ0) is 21.5. The third-order valence-electron chi connectivity index (χ3n) is 5.04. The fourth-order valence-corrected chi connectivity index (χ4v) is 3.69. The van der Waals surface area contributed by atoms with E-state index in [0.29, 0.717) is 47.9 Å². The first-order valence-corrected chi connectivity index (χ1v) is 9.54. The van der Waals surface area contributed by atoms with Gasteiger partial charge in [-0.15, -0.1) is 0 Å². The summed E-state index contributed by atoms with van der Waals surface area (Å²) in [4.78, 5) is 21.8. The molecular formula is C21H16ClF4N3O. The Morgan fingerprint density at radius 3 is 2.53 bits per heavy atom. The van der Waals surface area contributed by atoms with Gasteiger partial charge >= 0.3 is 6.18 Å². The molecule has 0 radical (unpaired) electrons. The van der Waals surface area contributed by atoms with Crippen LogP contribution in [0.3, 0.4) is 0 Å². The smallest absolute Gasteiger partial charge is 0.306 e. The van der Waals surface area contributed by atoms with Crippen molar-refractivity contribution in [2.45, 2.75) is 25.7 Å². The van der Waals surface area contributed by atoms with Gasteiger partial charge in [-0.1, -0.05) is 29.8 Å². The number of nitrogens with zero attached hydrogens (tertiary/aromatic N) is 2. The van der Waals surface area contributed by atoms with Crippen molar-refractivity contribution < 1.29 is 17.6 Å². The van der Waals surface area contributed by atoms with Crippen LogP contribution in [0.25, 0.3) is 11.4 Å². The summed E-state index contributed by atoms with van der Waals surface area (Å²) in [6.45, 7) is 1.42. The molecule has 0 bridgehead atoms. The predicted molar refractivity (Wildman–Crippen MR) is 105 cm³/mol. The molecule has 0 fully saturated rings. The van der Waals surface area contributed by atoms with Gasteiger partial charge < -0.3 is 4.98 Å². The first kappa shape index (κ1) is 20.6. The summed E-state index contributed by atoms with van der Waals surface area (Å²) in [5.74, 6) is -0.174. The number of fused-ring (bicyclic) bond motifs is 1. The molecule has 0 aliphatic carbocycles. The minimum Gasteiger partial charge on any atom is -0.306 e. The van der Waals surface area contributed by atoms with Gasteiger partial charge in [-0.2, -0.15) is 13.2 Å². The lowest BCUT2D eigenvalue weighted by Gasteiger charge is -2.28. The van der Waals surface area contributed by atoms with Crippen molar-refractivity contribution in [1.82, 2.24) is 14.9 Å². The lowest BCUT2D eigenvalue weighted by Crippen LogP contribution is -2.35. The van der Waals surface area contributed by atoms with Gasteiger partial charge in [0.1, 0.15) is 11.6 Å². The van der Waals surface area contributed by atoms with Crippen LogP contribution in [0.2, 0.25) is 5.02 Å². The summed E-state index contributed by atoms with van der Waals surface area (Å²) >= 11 is 6.09. The molecule has 4 nitrogen and oxygen atoms in total. The van der Waals surface area contributed by atoms with Crippen molar-refractivity contribution in [2.75, 3.05) is 6.54 Å². The minimum absolute atomic E-state index is 0.238. The van der Waals surface area contributed by atoms with Crippen LogP contribution in [0.5, 0.6) is 0 Å². The standard InChI is InChI=1S/C21H16ClF4N3O/c22-17-9-15(23)6-3-13(17)10-29-8-7-18-16(11-29)20(30)28-19(27-18)12-1-4-14(5-2-12)21(24,25)26/h1-6,9H,7-8,10-11H2,(H,27,28,30). The largest absolute Gasteiger partial charge is 0.416 e. The molecule has 0 spiro atoms. The lowest BCUT2D eigenvalue weighted by atomic mass is 10.0. The second-order valence-electron chi connectivity index (χ2n) is 7.11. The van der Waals surface area contributed by atoms with Crippen molar-refractivity contribution in [3.8, 4) is 11.4 Å². The van der Waals surface area contributed by atoms with E-state index >= 15 is 0 Å². The molecule has 0 unspecified atom stereocenters. The molecule has 1 N–H and O–H groups in total. The van der Waals surface area contributed by atoms with E-state index in [2.05, 4.69) is 9.97 Å². The number of benzene rings is 2. The van der Waals surface area contributed by atoms with Gasteiger partial charge in [-0.3, -0.25) is 9.69 Å². The van der Waals surface area contributed by atoms with E-state index in [0.717, 1.165) is 17.7 Å². The summed E-state index contributed by atoms with van der Waals surface area (Å²) in [6.07, 6.45) is -3.92. The number of nitrogens with one attached hydrogen (secondary N) is 1. The molecule has 0 atom stereocenters. The van der Waals surface area contributed by atoms with E-state index in [-0.39, 0.29) is 11.4 Å². The Balaban J connectivity index is 1.56. The molecule has 1 aromatic heterocycles. The van der Waals surface area contributed by atoms with E-state index in [1.54, 1.807) is 6.07 Å². The average molecular weight is 438 g/mol. The Hall–Kier alpha value is -2.71. The zero-order valence-corrected chi connectivity index (χ0v) is 16.3. The number of hydrogen-bond donors (Lipinski definition) is 1. The molecule has 0 saturated carbocycles. The second-order valence-corrected chi connectivity index (χ2v) is 7.52. The van der Waals surface area contributed by atoms with Gasteiger partial charge in [-0.25, -0.2) is 9.37 Å². The maximum atomic E-state index is 13.2. The van der Waals surface area contributed by atoms with Crippen LogP contribution in [0.4, 0.5) is 17.6 Å². The van der Waals surface area contributed by atoms with Crippen molar-refractivity contribution >= 4 is 11.6 Å². The topological polar surface area (TPSA) is 49.0 Å². The van der Waals surface area contributed by atoms with Gasteiger partial charge in [0.05, 0.1) is 16.8 Å². The van der Waals surface area contributed by atoms with Gasteiger partial charge in [-0.05, 0) is 29.8 Å². The molecule has 3 aromatic rings. The highest BCUT2D eigenvalue weighted by atomic mass is 35.5. The molecule has 2 aromatic carbocycles. The molecule has 1 aliphatic heterocycles. The number of alkyl halides is 3. The zero-order valence-electron chi connectivity index (χ0n) is 15.6. The van der Waals surface area contributed by atoms with E-state index < -0.39 is 17.6 Å². The number of aromatic amines is 1. The van der Waals surface area contributed by atoms with Crippen LogP contribution in [0.15, 0.2) is 47.3 Å². The van der Waals surface area contributed by atoms with Gasteiger partial charge in [0.25, 0.3) is 5.56 Å². The van der Waals surface area contributed by atoms with Crippen LogP contribution in [-0.2, 0) is 25.7 Å². The van der Waals surface area contributed by atoms with E-state index in [1.165, 1.54) is 24.3 Å². The van der Waals surface area contributed by atoms with Crippen LogP contribution >= 0.6 is 11.6 Å². The Kier molecular flexibility index (Phi) is 5.38. The fraction of sp³-hybridized carbons (Fsp3) is 0.238. The molecule has 4 rings (SSSR count). The Bertz CT molecular complexity index is 1140. The number of hydrogen-bond acceptors (Lipinski definition) is 3. The average Bonchev–Trinajstić information content (AvgIpc) is 2.70. The van der Waals surface area contributed by atoms with Crippen molar-refractivity contribution in [2.24, 2.45) is 0 Å². The summed E-state index contributed by atoms with van der Waals surface area (Å²) in [7, 11) is 0. The number of halogens is 5. The minimum atomic E-state index is -4.42. The molecule has 156 valence electrons. The number of H-pyrrole nitrogens is 1. The third-order valence-corrected chi connectivity index (χ3v) is 5.39. The van der Waals surface area contributed by atoms with Gasteiger partial charge in [0.15, 0.2) is 0 Å². The predicted octanol–water partition coefficient (Wildman–Crippen LogP) is 4.81. The highest BCUT2D eigenvalue weighted by molar-refractivity contribution is 6.31. The Labute approximate surface area is 174 Å². The molecular weight excluding hydrogens is 422 g/mol. The van der Waals surface area contributed by atoms with Crippen LogP contribution < -0.4 is 5.56 Å². The quantitative estimate of drug-likeness (QED) is 0.598. The lowest BCUT2D eigenvalue weighted by molar-refractivity contribution is -0.137. The van der Waals surface area contributed by atoms with Crippen LogP contribution in [0, 0.1) is 5.82 Å². The highest BCUT2D eigenvalue weighted by Crippen LogP contribution is 2.30.